The molecule has 4 heterocycles. The molecule has 2 N–H and O–H groups in total. The highest BCUT2D eigenvalue weighted by molar-refractivity contribution is 5.56. The van der Waals surface area contributed by atoms with E-state index in [1.54, 1.807) is 46.0 Å². The van der Waals surface area contributed by atoms with E-state index in [1.165, 1.54) is 12.8 Å². The van der Waals surface area contributed by atoms with Gasteiger partial charge in [-0.2, -0.15) is 20.1 Å². The SMILES string of the molecule is CC(C)n1nnc(-c2ccc(O)cc2)n1.CC(C)n1nnc(-c2ccc(OCc3ccccc3)cc2)n1.CC1CCCO1.N#Cc1ccc(OCc2ccccc2)cc1.c1ccc(COc2ccc(-c3nn[nH]n3)cc2)cc1. The Kier molecular flexibility index (Phi) is 21.6. The number of phenolic OH excluding ortho intramolecular Hbond substituents is 1. The molecule has 1 aliphatic rings. The number of nitrogens with one attached hydrogen (secondary N) is 1. The molecule has 0 aliphatic carbocycles. The Morgan fingerprint density at radius 2 is 0.949 bits per heavy atom. The van der Waals surface area contributed by atoms with Crippen molar-refractivity contribution in [3.63, 3.8) is 0 Å². The molecule has 1 atom stereocenters. The summed E-state index contributed by atoms with van der Waals surface area (Å²) in [7, 11) is 0. The van der Waals surface area contributed by atoms with Gasteiger partial charge in [-0.25, -0.2) is 0 Å². The standard InChI is InChI=1S/C17H18N4O.C14H12N4O.C14H11NO.C10H12N4O.C5H10O/c1-13(2)21-19-17(18-20-21)15-8-10-16(11-9-15)22-12-14-6-4-3-5-7-14;1-2-4-11(5-3-1)10-19-13-8-6-12(7-9-13)14-15-17-18-16-14;15-10-12-6-8-14(9-7-12)16-11-13-4-2-1-3-5-13;1-7(2)14-12-10(11-13-14)8-3-5-9(15)6-4-8;1-5-3-2-4-6-5/h3-11,13H,12H2,1-2H3;1-9H,10H2,(H,15,16,17,18);1-9H,11H2;3-7,15H,1-2H3;5H,2-4H2,1H3. The van der Waals surface area contributed by atoms with E-state index in [4.69, 9.17) is 29.3 Å². The Morgan fingerprint density at radius 1 is 0.551 bits per heavy atom. The fraction of sp³-hybridized carbons (Fsp3) is 0.233. The Labute approximate surface area is 454 Å². The van der Waals surface area contributed by atoms with Gasteiger partial charge in [0.15, 0.2) is 0 Å². The number of H-pyrrole nitrogens is 1. The number of ether oxygens (including phenoxy) is 4. The van der Waals surface area contributed by atoms with Crippen molar-refractivity contribution in [1.82, 2.24) is 61.0 Å². The molecule has 18 heteroatoms. The number of tetrazole rings is 3. The number of rotatable bonds is 14. The van der Waals surface area contributed by atoms with Crippen LogP contribution in [0.15, 0.2) is 188 Å². The lowest BCUT2D eigenvalue weighted by atomic mass is 10.2. The molecule has 0 bridgehead atoms. The Balaban J connectivity index is 0.000000147. The van der Waals surface area contributed by atoms with E-state index in [-0.39, 0.29) is 17.8 Å². The lowest BCUT2D eigenvalue weighted by molar-refractivity contribution is 0.125. The minimum absolute atomic E-state index is 0.198. The first-order chi connectivity index (χ1) is 38.1. The molecule has 7 aromatic carbocycles. The molecule has 18 nitrogen and oxygen atoms in total. The quantitative estimate of drug-likeness (QED) is 0.103. The molecule has 0 radical (unpaired) electrons. The summed E-state index contributed by atoms with van der Waals surface area (Å²) in [4.78, 5) is 3.16. The number of aromatic amines is 1. The predicted octanol–water partition coefficient (Wildman–Crippen LogP) is 11.9. The summed E-state index contributed by atoms with van der Waals surface area (Å²) in [5.41, 5.74) is 6.75. The van der Waals surface area contributed by atoms with Crippen molar-refractivity contribution >= 4 is 0 Å². The molecule has 0 amide bonds. The average Bonchev–Trinajstić information content (AvgIpc) is 4.37. The number of hydrogen-bond acceptors (Lipinski definition) is 15. The summed E-state index contributed by atoms with van der Waals surface area (Å²) in [5, 5.41) is 56.1. The molecule has 3 aromatic heterocycles. The van der Waals surface area contributed by atoms with Gasteiger partial charge < -0.3 is 24.1 Å². The summed E-state index contributed by atoms with van der Waals surface area (Å²) in [6.45, 7) is 12.8. The zero-order valence-corrected chi connectivity index (χ0v) is 44.3. The summed E-state index contributed by atoms with van der Waals surface area (Å²) in [6, 6.07) is 61.8. The number of hydrogen-bond donors (Lipinski definition) is 2. The summed E-state index contributed by atoms with van der Waals surface area (Å²) in [5.74, 6) is 4.43. The predicted molar refractivity (Wildman–Crippen MR) is 297 cm³/mol. The molecule has 10 aromatic rings. The molecule has 1 aliphatic heterocycles. The van der Waals surface area contributed by atoms with Gasteiger partial charge in [0.05, 0.1) is 29.8 Å². The van der Waals surface area contributed by atoms with Crippen LogP contribution in [0.5, 0.6) is 23.0 Å². The smallest absolute Gasteiger partial charge is 0.204 e. The van der Waals surface area contributed by atoms with Crippen molar-refractivity contribution in [2.24, 2.45) is 0 Å². The Hall–Kier alpha value is -9.60. The van der Waals surface area contributed by atoms with E-state index in [1.807, 2.05) is 179 Å². The van der Waals surface area contributed by atoms with Crippen LogP contribution < -0.4 is 14.2 Å². The van der Waals surface area contributed by atoms with Crippen molar-refractivity contribution in [2.45, 2.75) is 85.5 Å². The zero-order valence-electron chi connectivity index (χ0n) is 44.3. The topological polar surface area (TPSA) is 223 Å². The van der Waals surface area contributed by atoms with Crippen LogP contribution in [-0.2, 0) is 24.6 Å². The van der Waals surface area contributed by atoms with Gasteiger partial charge in [-0.1, -0.05) is 91.0 Å². The van der Waals surface area contributed by atoms with Crippen LogP contribution in [0, 0.1) is 11.3 Å². The second-order valence-electron chi connectivity index (χ2n) is 18.2. The fourth-order valence-corrected chi connectivity index (χ4v) is 7.00. The van der Waals surface area contributed by atoms with E-state index in [0.29, 0.717) is 49.0 Å². The zero-order chi connectivity index (χ0) is 54.7. The van der Waals surface area contributed by atoms with Crippen molar-refractivity contribution in [3.8, 4) is 63.2 Å². The third-order valence-electron chi connectivity index (χ3n) is 11.4. The third-order valence-corrected chi connectivity index (χ3v) is 11.4. The van der Waals surface area contributed by atoms with Gasteiger partial charge in [0, 0.05) is 23.3 Å². The number of nitrogens with zero attached hydrogens (tertiary/aromatic N) is 12. The van der Waals surface area contributed by atoms with Crippen LogP contribution in [-0.4, -0.2) is 78.9 Å². The maximum absolute atomic E-state index is 9.14. The average molecular weight is 1050 g/mol. The number of aromatic nitrogens is 12. The molecule has 398 valence electrons. The molecule has 1 fully saturated rings. The first-order valence-corrected chi connectivity index (χ1v) is 25.5. The van der Waals surface area contributed by atoms with E-state index in [0.717, 1.165) is 57.2 Å². The van der Waals surface area contributed by atoms with Crippen LogP contribution >= 0.6 is 0 Å². The number of phenols is 1. The van der Waals surface area contributed by atoms with Gasteiger partial charge in [-0.3, -0.25) is 0 Å². The first kappa shape index (κ1) is 56.1. The highest BCUT2D eigenvalue weighted by atomic mass is 16.5. The van der Waals surface area contributed by atoms with Gasteiger partial charge in [0.2, 0.25) is 17.5 Å². The van der Waals surface area contributed by atoms with E-state index >= 15 is 0 Å². The van der Waals surface area contributed by atoms with Crippen molar-refractivity contribution in [2.75, 3.05) is 6.61 Å². The third kappa shape index (κ3) is 18.7. The van der Waals surface area contributed by atoms with Crippen molar-refractivity contribution < 1.29 is 24.1 Å². The van der Waals surface area contributed by atoms with E-state index in [2.05, 4.69) is 64.4 Å². The molecule has 0 saturated carbocycles. The van der Waals surface area contributed by atoms with Crippen LogP contribution in [0.4, 0.5) is 0 Å². The van der Waals surface area contributed by atoms with Crippen LogP contribution in [0.3, 0.4) is 0 Å². The minimum Gasteiger partial charge on any atom is -0.508 e. The molecule has 1 saturated heterocycles. The van der Waals surface area contributed by atoms with Gasteiger partial charge in [-0.15, -0.1) is 30.6 Å². The fourth-order valence-electron chi connectivity index (χ4n) is 7.00. The van der Waals surface area contributed by atoms with E-state index in [9.17, 15) is 0 Å². The van der Waals surface area contributed by atoms with Crippen molar-refractivity contribution in [3.05, 3.63) is 210 Å². The van der Waals surface area contributed by atoms with E-state index < -0.39 is 0 Å². The molecular formula is C60H63N13O5. The largest absolute Gasteiger partial charge is 0.508 e. The number of benzene rings is 7. The number of aromatic hydroxyl groups is 1. The van der Waals surface area contributed by atoms with Crippen molar-refractivity contribution in [1.29, 1.82) is 5.26 Å². The second kappa shape index (κ2) is 30.1. The maximum Gasteiger partial charge on any atom is 0.204 e. The Bertz CT molecular complexity index is 3260. The first-order valence-electron chi connectivity index (χ1n) is 25.5. The molecule has 78 heavy (non-hydrogen) atoms. The summed E-state index contributed by atoms with van der Waals surface area (Å²) in [6.07, 6.45) is 3.08. The van der Waals surface area contributed by atoms with Crippen LogP contribution in [0.1, 0.15) is 81.8 Å². The van der Waals surface area contributed by atoms with Crippen LogP contribution in [0.2, 0.25) is 0 Å². The highest BCUT2D eigenvalue weighted by Gasteiger charge is 2.10. The monoisotopic (exact) mass is 1050 g/mol. The second-order valence-corrected chi connectivity index (χ2v) is 18.2. The summed E-state index contributed by atoms with van der Waals surface area (Å²) >= 11 is 0. The highest BCUT2D eigenvalue weighted by Crippen LogP contribution is 2.22. The van der Waals surface area contributed by atoms with Gasteiger partial charge in [-0.05, 0) is 177 Å². The van der Waals surface area contributed by atoms with Gasteiger partial charge >= 0.3 is 0 Å². The van der Waals surface area contributed by atoms with Gasteiger partial charge in [0.25, 0.3) is 0 Å². The summed E-state index contributed by atoms with van der Waals surface area (Å²) < 4.78 is 22.2. The molecule has 0 spiro atoms. The van der Waals surface area contributed by atoms with Crippen LogP contribution in [0.25, 0.3) is 34.2 Å². The minimum atomic E-state index is 0.198. The maximum atomic E-state index is 9.14. The molecule has 1 unspecified atom stereocenters. The Morgan fingerprint density at radius 3 is 1.27 bits per heavy atom. The molecular weight excluding hydrogens is 983 g/mol. The lowest BCUT2D eigenvalue weighted by Crippen LogP contribution is -2.04. The lowest BCUT2D eigenvalue weighted by Gasteiger charge is -2.06. The number of nitriles is 1. The van der Waals surface area contributed by atoms with Gasteiger partial charge in [0.1, 0.15) is 42.8 Å². The molecule has 11 rings (SSSR count). The normalized spacial score (nSPS) is 12.3.